The van der Waals surface area contributed by atoms with Gasteiger partial charge in [0, 0.05) is 11.3 Å². The number of carbonyl (C=O) groups is 4. The topological polar surface area (TPSA) is 116 Å². The van der Waals surface area contributed by atoms with Crippen molar-refractivity contribution in [2.24, 2.45) is 0 Å². The molecule has 10 heteroatoms. The van der Waals surface area contributed by atoms with Crippen LogP contribution >= 0.6 is 24.0 Å². The normalized spacial score (nSPS) is 17.7. The highest BCUT2D eigenvalue weighted by Gasteiger charge is 2.39. The molecular weight excluding hydrogens is 426 g/mol. The van der Waals surface area contributed by atoms with Crippen molar-refractivity contribution in [3.8, 4) is 0 Å². The number of hydrogen-bond acceptors (Lipinski definition) is 6. The van der Waals surface area contributed by atoms with Gasteiger partial charge in [0.05, 0.1) is 21.7 Å². The predicted octanol–water partition coefficient (Wildman–Crippen LogP) is 2.23. The van der Waals surface area contributed by atoms with Gasteiger partial charge >= 0.3 is 5.97 Å². The second-order valence-electron chi connectivity index (χ2n) is 6.39. The molecule has 8 nitrogen and oxygen atoms in total. The fraction of sp³-hybridized carbons (Fsp3) is 0.0500. The Morgan fingerprint density at radius 1 is 1.10 bits per heavy atom. The number of anilines is 2. The number of fused-ring (bicyclic) bond motifs is 1. The number of aromatic carboxylic acids is 1. The van der Waals surface area contributed by atoms with E-state index in [-0.39, 0.29) is 26.9 Å². The quantitative estimate of drug-likeness (QED) is 0.494. The summed E-state index contributed by atoms with van der Waals surface area (Å²) in [6, 6.07) is 12.6. The zero-order valence-electron chi connectivity index (χ0n) is 15.2. The van der Waals surface area contributed by atoms with Crippen LogP contribution in [0.3, 0.4) is 0 Å². The molecule has 0 spiro atoms. The van der Waals surface area contributed by atoms with Gasteiger partial charge in [-0.1, -0.05) is 42.2 Å². The number of nitrogens with one attached hydrogen (secondary N) is 2. The summed E-state index contributed by atoms with van der Waals surface area (Å²) < 4.78 is 0.272. The molecule has 0 radical (unpaired) electrons. The van der Waals surface area contributed by atoms with Gasteiger partial charge in [-0.2, -0.15) is 0 Å². The molecule has 30 heavy (non-hydrogen) atoms. The Hall–Kier alpha value is -3.50. The first-order valence-corrected chi connectivity index (χ1v) is 9.89. The van der Waals surface area contributed by atoms with Crippen molar-refractivity contribution in [3.05, 3.63) is 64.6 Å². The fourth-order valence-electron chi connectivity index (χ4n) is 3.18. The van der Waals surface area contributed by atoms with Gasteiger partial charge in [0.2, 0.25) is 5.91 Å². The molecule has 0 unspecified atom stereocenters. The number of nitrogens with zero attached hydrogens (tertiary/aromatic N) is 1. The van der Waals surface area contributed by atoms with Crippen LogP contribution in [-0.4, -0.2) is 39.7 Å². The monoisotopic (exact) mass is 439 g/mol. The molecule has 0 atom stereocenters. The van der Waals surface area contributed by atoms with Crippen LogP contribution in [-0.2, 0) is 14.4 Å². The maximum atomic E-state index is 13.1. The lowest BCUT2D eigenvalue weighted by atomic mass is 10.1. The van der Waals surface area contributed by atoms with Gasteiger partial charge in [0.1, 0.15) is 10.9 Å². The van der Waals surface area contributed by atoms with Gasteiger partial charge in [0.15, 0.2) is 0 Å². The van der Waals surface area contributed by atoms with Gasteiger partial charge in [0.25, 0.3) is 11.8 Å². The Kier molecular flexibility index (Phi) is 5.10. The molecule has 2 aliphatic rings. The highest BCUT2D eigenvalue weighted by Crippen LogP contribution is 2.42. The van der Waals surface area contributed by atoms with Crippen molar-refractivity contribution in [3.63, 3.8) is 0 Å². The van der Waals surface area contributed by atoms with Crippen molar-refractivity contribution in [1.29, 1.82) is 0 Å². The van der Waals surface area contributed by atoms with Crippen molar-refractivity contribution in [1.82, 2.24) is 5.32 Å². The minimum atomic E-state index is -1.07. The molecule has 3 amide bonds. The molecule has 0 bridgehead atoms. The number of amides is 3. The maximum absolute atomic E-state index is 13.1. The molecule has 2 aromatic rings. The summed E-state index contributed by atoms with van der Waals surface area (Å²) in [6.45, 7) is -0.274. The second-order valence-corrected chi connectivity index (χ2v) is 8.07. The highest BCUT2D eigenvalue weighted by molar-refractivity contribution is 8.27. The number of carbonyl (C=O) groups excluding carboxylic acids is 3. The van der Waals surface area contributed by atoms with Gasteiger partial charge in [-0.15, -0.1) is 0 Å². The molecule has 2 aliphatic heterocycles. The number of carboxylic acids is 1. The summed E-state index contributed by atoms with van der Waals surface area (Å²) in [4.78, 5) is 50.3. The number of para-hydroxylation sites is 1. The summed E-state index contributed by atoms with van der Waals surface area (Å²) in [5.74, 6) is -2.43. The summed E-state index contributed by atoms with van der Waals surface area (Å²) in [5.41, 5.74) is 1.79. The molecule has 0 aliphatic carbocycles. The van der Waals surface area contributed by atoms with Crippen LogP contribution in [0, 0.1) is 0 Å². The molecule has 1 saturated heterocycles. The Labute approximate surface area is 179 Å². The molecular formula is C20H13N3O5S2. The minimum absolute atomic E-state index is 0.0955. The van der Waals surface area contributed by atoms with Gasteiger partial charge < -0.3 is 15.7 Å². The smallest absolute Gasteiger partial charge is 0.335 e. The molecule has 0 saturated carbocycles. The summed E-state index contributed by atoms with van der Waals surface area (Å²) in [5, 5.41) is 14.1. The van der Waals surface area contributed by atoms with E-state index in [4.69, 9.17) is 17.3 Å². The number of hydrogen-bond donors (Lipinski definition) is 3. The van der Waals surface area contributed by atoms with Gasteiger partial charge in [-0.05, 0) is 30.3 Å². The summed E-state index contributed by atoms with van der Waals surface area (Å²) in [7, 11) is 0. The largest absolute Gasteiger partial charge is 0.478 e. The highest BCUT2D eigenvalue weighted by atomic mass is 32.2. The fourth-order valence-corrected chi connectivity index (χ4v) is 4.29. The third kappa shape index (κ3) is 3.58. The number of benzene rings is 2. The third-order valence-corrected chi connectivity index (χ3v) is 5.72. The third-order valence-electron chi connectivity index (χ3n) is 4.48. The molecule has 4 rings (SSSR count). The molecule has 2 aromatic carbocycles. The van der Waals surface area contributed by atoms with Crippen molar-refractivity contribution >= 4 is 68.9 Å². The Morgan fingerprint density at radius 3 is 2.43 bits per heavy atom. The lowest BCUT2D eigenvalue weighted by Gasteiger charge is -2.16. The zero-order chi connectivity index (χ0) is 21.4. The second kappa shape index (κ2) is 7.73. The van der Waals surface area contributed by atoms with Crippen LogP contribution in [0.2, 0.25) is 0 Å². The van der Waals surface area contributed by atoms with Gasteiger partial charge in [-0.3, -0.25) is 19.3 Å². The maximum Gasteiger partial charge on any atom is 0.335 e. The number of carboxylic acid groups (broad SMARTS) is 1. The molecule has 1 fully saturated rings. The molecule has 150 valence electrons. The minimum Gasteiger partial charge on any atom is -0.478 e. The van der Waals surface area contributed by atoms with Crippen molar-refractivity contribution < 1.29 is 24.3 Å². The van der Waals surface area contributed by atoms with E-state index in [0.717, 1.165) is 11.8 Å². The van der Waals surface area contributed by atoms with E-state index in [0.29, 0.717) is 16.9 Å². The molecule has 0 aromatic heterocycles. The first kappa shape index (κ1) is 19.8. The molecule has 2 heterocycles. The molecule has 3 N–H and O–H groups in total. The summed E-state index contributed by atoms with van der Waals surface area (Å²) in [6.07, 6.45) is 0. The van der Waals surface area contributed by atoms with Crippen LogP contribution < -0.4 is 15.5 Å². The van der Waals surface area contributed by atoms with Crippen LogP contribution in [0.1, 0.15) is 15.9 Å². The first-order valence-electron chi connectivity index (χ1n) is 8.67. The van der Waals surface area contributed by atoms with Crippen LogP contribution in [0.5, 0.6) is 0 Å². The summed E-state index contributed by atoms with van der Waals surface area (Å²) >= 11 is 6.03. The van der Waals surface area contributed by atoms with E-state index in [1.54, 1.807) is 24.3 Å². The predicted molar refractivity (Wildman–Crippen MR) is 116 cm³/mol. The van der Waals surface area contributed by atoms with Gasteiger partial charge in [-0.25, -0.2) is 4.79 Å². The number of thioether (sulfide) groups is 1. The lowest BCUT2D eigenvalue weighted by molar-refractivity contribution is -0.118. The van der Waals surface area contributed by atoms with E-state index in [1.165, 1.54) is 29.2 Å². The SMILES string of the molecule is O=C(CN1C(=O)/C(=C2/SC(=S)NC2=O)c2ccccc21)Nc1ccc(C(=O)O)cc1. The average Bonchev–Trinajstić information content (AvgIpc) is 3.18. The lowest BCUT2D eigenvalue weighted by Crippen LogP contribution is -2.35. The Balaban J connectivity index is 1.59. The van der Waals surface area contributed by atoms with E-state index in [1.807, 2.05) is 0 Å². The van der Waals surface area contributed by atoms with Crippen LogP contribution in [0.4, 0.5) is 11.4 Å². The number of thiocarbonyl (C=S) groups is 1. The van der Waals surface area contributed by atoms with E-state index < -0.39 is 23.7 Å². The van der Waals surface area contributed by atoms with Crippen molar-refractivity contribution in [2.45, 2.75) is 0 Å². The Morgan fingerprint density at radius 2 is 1.80 bits per heavy atom. The van der Waals surface area contributed by atoms with Crippen LogP contribution in [0.25, 0.3) is 5.57 Å². The van der Waals surface area contributed by atoms with E-state index in [2.05, 4.69) is 10.6 Å². The van der Waals surface area contributed by atoms with Crippen molar-refractivity contribution in [2.75, 3.05) is 16.8 Å². The average molecular weight is 439 g/mol. The number of rotatable bonds is 4. The van der Waals surface area contributed by atoms with Crippen LogP contribution in [0.15, 0.2) is 53.4 Å². The standard InChI is InChI=1S/C20H13N3O5S2/c24-14(21-11-7-5-10(6-8-11)19(27)28)9-23-13-4-2-1-3-12(13)15(18(23)26)16-17(25)22-20(29)30-16/h1-8H,9H2,(H,21,24)(H,27,28)(H,22,25,29)/b16-15+. The zero-order valence-corrected chi connectivity index (χ0v) is 16.8. The first-order chi connectivity index (χ1) is 14.3. The van der Waals surface area contributed by atoms with E-state index >= 15 is 0 Å². The van der Waals surface area contributed by atoms with E-state index in [9.17, 15) is 19.2 Å². The Bertz CT molecular complexity index is 1160.